The number of carbonyl (C=O) groups is 1. The van der Waals surface area contributed by atoms with E-state index in [1.54, 1.807) is 6.92 Å². The molecule has 0 amide bonds. The van der Waals surface area contributed by atoms with Crippen LogP contribution in [0.15, 0.2) is 11.4 Å². The van der Waals surface area contributed by atoms with Crippen LogP contribution in [0.4, 0.5) is 5.82 Å². The molecule has 2 N–H and O–H groups in total. The molecular weight excluding hydrogens is 330 g/mol. The van der Waals surface area contributed by atoms with Crippen molar-refractivity contribution in [3.8, 4) is 0 Å². The molecule has 3 rings (SSSR count). The average molecular weight is 353 g/mol. The lowest BCUT2D eigenvalue weighted by molar-refractivity contribution is -0.0372. The number of esters is 1. The van der Waals surface area contributed by atoms with E-state index in [-0.39, 0.29) is 0 Å². The van der Waals surface area contributed by atoms with Gasteiger partial charge < -0.3 is 19.8 Å². The highest BCUT2D eigenvalue weighted by Crippen LogP contribution is 2.39. The van der Waals surface area contributed by atoms with Crippen LogP contribution in [0.3, 0.4) is 0 Å². The number of anilines is 1. The molecule has 1 aliphatic heterocycles. The first-order valence-electron chi connectivity index (χ1n) is 8.22. The first kappa shape index (κ1) is 17.4. The number of thioether (sulfide) groups is 1. The highest BCUT2D eigenvalue weighted by atomic mass is 32.2. The van der Waals surface area contributed by atoms with E-state index in [0.717, 1.165) is 0 Å². The van der Waals surface area contributed by atoms with Crippen LogP contribution in [-0.4, -0.2) is 64.3 Å². The van der Waals surface area contributed by atoms with Crippen LogP contribution >= 0.6 is 11.8 Å². The Morgan fingerprint density at radius 1 is 1.33 bits per heavy atom. The predicted molar refractivity (Wildman–Crippen MR) is 90.2 cm³/mol. The van der Waals surface area contributed by atoms with E-state index in [1.165, 1.54) is 18.0 Å². The van der Waals surface area contributed by atoms with Gasteiger partial charge in [-0.25, -0.2) is 14.8 Å². The maximum Gasteiger partial charge on any atom is 0.343 e. The van der Waals surface area contributed by atoms with E-state index in [2.05, 4.69) is 14.9 Å². The molecule has 24 heavy (non-hydrogen) atoms. The molecular formula is C16H23N3O4S. The van der Waals surface area contributed by atoms with Crippen LogP contribution in [0.2, 0.25) is 0 Å². The van der Waals surface area contributed by atoms with Gasteiger partial charge in [0.25, 0.3) is 0 Å². The number of hydrogen-bond donors (Lipinski definition) is 2. The second kappa shape index (κ2) is 7.25. The molecule has 1 saturated carbocycles. The molecule has 0 unspecified atom stereocenters. The second-order valence-corrected chi connectivity index (χ2v) is 7.12. The van der Waals surface area contributed by atoms with Gasteiger partial charge in [-0.3, -0.25) is 0 Å². The molecule has 1 aliphatic carbocycles. The molecule has 2 heterocycles. The van der Waals surface area contributed by atoms with Crippen molar-refractivity contribution in [1.82, 2.24) is 9.97 Å². The molecule has 0 spiro atoms. The number of aliphatic hydroxyl groups is 2. The van der Waals surface area contributed by atoms with Crippen LogP contribution in [-0.2, 0) is 4.74 Å². The summed E-state index contributed by atoms with van der Waals surface area (Å²) in [4.78, 5) is 23.0. The Morgan fingerprint density at radius 3 is 2.50 bits per heavy atom. The van der Waals surface area contributed by atoms with Gasteiger partial charge in [0, 0.05) is 19.3 Å². The Morgan fingerprint density at radius 2 is 1.96 bits per heavy atom. The van der Waals surface area contributed by atoms with Crippen molar-refractivity contribution < 1.29 is 19.7 Å². The van der Waals surface area contributed by atoms with Gasteiger partial charge in [0.05, 0.1) is 18.8 Å². The van der Waals surface area contributed by atoms with Crippen molar-refractivity contribution >= 4 is 23.5 Å². The van der Waals surface area contributed by atoms with Gasteiger partial charge in [-0.15, -0.1) is 0 Å². The van der Waals surface area contributed by atoms with E-state index in [9.17, 15) is 15.0 Å². The lowest BCUT2D eigenvalue weighted by Crippen LogP contribution is -2.38. The van der Waals surface area contributed by atoms with Crippen LogP contribution < -0.4 is 4.90 Å². The van der Waals surface area contributed by atoms with Gasteiger partial charge in [0.2, 0.25) is 0 Å². The standard InChI is InChI=1S/C16H23N3O4S/c1-3-23-15(22)11-6-17-16(24-2)18-14(11)19-7-9-4-12(20)13(21)5-10(9)8-19/h6,9-10,12-13,20-21H,3-5,7-8H2,1-2H3/t9-,10+,12-,13-/m0/s1. The van der Waals surface area contributed by atoms with E-state index in [0.29, 0.717) is 60.9 Å². The summed E-state index contributed by atoms with van der Waals surface area (Å²) in [5, 5.41) is 20.4. The number of carbonyl (C=O) groups excluding carboxylic acids is 1. The molecule has 1 saturated heterocycles. The third kappa shape index (κ3) is 3.36. The zero-order valence-electron chi connectivity index (χ0n) is 13.9. The SMILES string of the molecule is CCOC(=O)c1cnc(SC)nc1N1C[C@H]2C[C@H](O)[C@@H](O)C[C@H]2C1. The highest BCUT2D eigenvalue weighted by Gasteiger charge is 2.42. The monoisotopic (exact) mass is 353 g/mol. The Balaban J connectivity index is 1.87. The van der Waals surface area contributed by atoms with E-state index in [1.807, 2.05) is 6.26 Å². The normalized spacial score (nSPS) is 29.4. The van der Waals surface area contributed by atoms with Crippen molar-refractivity contribution in [2.75, 3.05) is 30.9 Å². The highest BCUT2D eigenvalue weighted by molar-refractivity contribution is 7.98. The summed E-state index contributed by atoms with van der Waals surface area (Å²) in [5.74, 6) is 0.763. The first-order chi connectivity index (χ1) is 11.5. The molecule has 0 bridgehead atoms. The minimum Gasteiger partial charge on any atom is -0.462 e. The van der Waals surface area contributed by atoms with Gasteiger partial charge in [-0.1, -0.05) is 11.8 Å². The third-order valence-corrected chi connectivity index (χ3v) is 5.39. The van der Waals surface area contributed by atoms with Crippen molar-refractivity contribution in [2.45, 2.75) is 37.1 Å². The quantitative estimate of drug-likeness (QED) is 0.469. The summed E-state index contributed by atoms with van der Waals surface area (Å²) in [7, 11) is 0. The van der Waals surface area contributed by atoms with Crippen molar-refractivity contribution in [2.24, 2.45) is 11.8 Å². The van der Waals surface area contributed by atoms with Crippen LogP contribution in [0.25, 0.3) is 0 Å². The molecule has 8 heteroatoms. The number of aromatic nitrogens is 2. The third-order valence-electron chi connectivity index (χ3n) is 4.83. The summed E-state index contributed by atoms with van der Waals surface area (Å²) in [6, 6.07) is 0. The zero-order valence-corrected chi connectivity index (χ0v) is 14.7. The number of aliphatic hydroxyl groups excluding tert-OH is 2. The van der Waals surface area contributed by atoms with E-state index in [4.69, 9.17) is 4.74 Å². The number of ether oxygens (including phenoxy) is 1. The Bertz CT molecular complexity index is 597. The lowest BCUT2D eigenvalue weighted by atomic mass is 9.79. The molecule has 2 fully saturated rings. The molecule has 1 aromatic rings. The van der Waals surface area contributed by atoms with Crippen LogP contribution in [0.1, 0.15) is 30.1 Å². The van der Waals surface area contributed by atoms with Crippen LogP contribution in [0, 0.1) is 11.8 Å². The fraction of sp³-hybridized carbons (Fsp3) is 0.688. The summed E-state index contributed by atoms with van der Waals surface area (Å²) in [6.45, 7) is 3.49. The summed E-state index contributed by atoms with van der Waals surface area (Å²) in [6.07, 6.45) is 3.25. The molecule has 4 atom stereocenters. The summed E-state index contributed by atoms with van der Waals surface area (Å²) < 4.78 is 5.12. The number of rotatable bonds is 4. The van der Waals surface area contributed by atoms with Crippen molar-refractivity contribution in [3.05, 3.63) is 11.8 Å². The van der Waals surface area contributed by atoms with Gasteiger partial charge >= 0.3 is 5.97 Å². The summed E-state index contributed by atoms with van der Waals surface area (Å²) >= 11 is 1.42. The minimum absolute atomic E-state index is 0.297. The summed E-state index contributed by atoms with van der Waals surface area (Å²) in [5.41, 5.74) is 0.370. The molecule has 2 aliphatic rings. The first-order valence-corrected chi connectivity index (χ1v) is 9.45. The van der Waals surface area contributed by atoms with Crippen LogP contribution in [0.5, 0.6) is 0 Å². The fourth-order valence-electron chi connectivity index (χ4n) is 3.63. The Labute approximate surface area is 145 Å². The smallest absolute Gasteiger partial charge is 0.343 e. The molecule has 0 radical (unpaired) electrons. The maximum absolute atomic E-state index is 12.2. The van der Waals surface area contributed by atoms with Gasteiger partial charge in [0.15, 0.2) is 5.16 Å². The fourth-order valence-corrected chi connectivity index (χ4v) is 3.97. The van der Waals surface area contributed by atoms with Gasteiger partial charge in [-0.05, 0) is 37.9 Å². The Kier molecular flexibility index (Phi) is 5.27. The Hall–Kier alpha value is -1.38. The number of fused-ring (bicyclic) bond motifs is 1. The largest absolute Gasteiger partial charge is 0.462 e. The zero-order chi connectivity index (χ0) is 17.3. The van der Waals surface area contributed by atoms with Gasteiger partial charge in [0.1, 0.15) is 11.4 Å². The minimum atomic E-state index is -0.664. The predicted octanol–water partition coefficient (Wildman–Crippen LogP) is 0.943. The van der Waals surface area contributed by atoms with Crippen molar-refractivity contribution in [3.63, 3.8) is 0 Å². The molecule has 7 nitrogen and oxygen atoms in total. The van der Waals surface area contributed by atoms with E-state index >= 15 is 0 Å². The van der Waals surface area contributed by atoms with E-state index < -0.39 is 18.2 Å². The molecule has 132 valence electrons. The second-order valence-electron chi connectivity index (χ2n) is 6.35. The average Bonchev–Trinajstić information content (AvgIpc) is 2.97. The topological polar surface area (TPSA) is 95.8 Å². The maximum atomic E-state index is 12.2. The lowest BCUT2D eigenvalue weighted by Gasteiger charge is -2.31. The molecule has 1 aromatic heterocycles. The number of nitrogens with zero attached hydrogens (tertiary/aromatic N) is 3. The van der Waals surface area contributed by atoms with Gasteiger partial charge in [-0.2, -0.15) is 0 Å². The number of hydrogen-bond acceptors (Lipinski definition) is 8. The molecule has 0 aromatic carbocycles. The van der Waals surface area contributed by atoms with Crippen molar-refractivity contribution in [1.29, 1.82) is 0 Å².